The molecule has 3 N–H and O–H groups in total. The van der Waals surface area contributed by atoms with Crippen LogP contribution < -0.4 is 11.3 Å². The highest BCUT2D eigenvalue weighted by atomic mass is 19.4. The van der Waals surface area contributed by atoms with E-state index < -0.39 is 35.0 Å². The zero-order valence-corrected chi connectivity index (χ0v) is 7.03. The molecule has 3 nitrogen and oxygen atoms in total. The van der Waals surface area contributed by atoms with Crippen molar-refractivity contribution >= 4 is 5.69 Å². The number of nitrogens with one attached hydrogen (secondary N) is 1. The summed E-state index contributed by atoms with van der Waals surface area (Å²) < 4.78 is 61.2. The average molecular weight is 228 g/mol. The van der Waals surface area contributed by atoms with Crippen LogP contribution in [0.25, 0.3) is 0 Å². The van der Waals surface area contributed by atoms with Crippen molar-refractivity contribution in [1.82, 2.24) is 4.98 Å². The molecule has 1 aromatic heterocycles. The number of pyridine rings is 1. The van der Waals surface area contributed by atoms with Crippen LogP contribution in [0.1, 0.15) is 17.6 Å². The third-order valence-electron chi connectivity index (χ3n) is 1.68. The minimum atomic E-state index is -5.08. The lowest BCUT2D eigenvalue weighted by Gasteiger charge is -2.13. The molecule has 0 saturated carbocycles. The van der Waals surface area contributed by atoms with E-state index in [1.165, 1.54) is 0 Å². The van der Waals surface area contributed by atoms with Crippen LogP contribution in [0, 0.1) is 0 Å². The van der Waals surface area contributed by atoms with E-state index in [0.717, 1.165) is 0 Å². The molecule has 0 aliphatic rings. The first kappa shape index (κ1) is 11.5. The molecule has 0 unspecified atom stereocenters. The molecule has 0 bridgehead atoms. The highest BCUT2D eigenvalue weighted by molar-refractivity contribution is 5.50. The lowest BCUT2D eigenvalue weighted by atomic mass is 10.1. The maximum absolute atomic E-state index is 12.3. The molecule has 1 heterocycles. The number of nitrogen functional groups attached to an aromatic ring is 1. The molecule has 84 valence electrons. The molecule has 1 rings (SSSR count). The molecule has 0 aliphatic heterocycles. The van der Waals surface area contributed by atoms with Gasteiger partial charge in [-0.3, -0.25) is 4.79 Å². The molecule has 1 aromatic rings. The second kappa shape index (κ2) is 3.52. The summed E-state index contributed by atoms with van der Waals surface area (Å²) in [5.41, 5.74) is -0.794. The smallest absolute Gasteiger partial charge is 0.394 e. The standard InChI is InChI=1S/C7H5F5N2O/c8-5(9)2-1-14-6(15)4(13)3(2)7(10,11)12/h1,5H,13H2,(H,14,15). The molecule has 0 saturated heterocycles. The Balaban J connectivity index is 3.57. The summed E-state index contributed by atoms with van der Waals surface area (Å²) in [6, 6.07) is 0. The highest BCUT2D eigenvalue weighted by Gasteiger charge is 2.39. The minimum absolute atomic E-state index is 0.312. The number of H-pyrrole nitrogens is 1. The van der Waals surface area contributed by atoms with Gasteiger partial charge in [-0.25, -0.2) is 8.78 Å². The summed E-state index contributed by atoms with van der Waals surface area (Å²) in [7, 11) is 0. The summed E-state index contributed by atoms with van der Waals surface area (Å²) in [4.78, 5) is 12.4. The summed E-state index contributed by atoms with van der Waals surface area (Å²) in [5.74, 6) is 0. The predicted molar refractivity (Wildman–Crippen MR) is 41.4 cm³/mol. The van der Waals surface area contributed by atoms with E-state index in [1.807, 2.05) is 0 Å². The zero-order chi connectivity index (χ0) is 11.8. The van der Waals surface area contributed by atoms with Crippen LogP contribution in [0.15, 0.2) is 11.0 Å². The summed E-state index contributed by atoms with van der Waals surface area (Å²) in [5, 5.41) is 0. The number of aromatic nitrogens is 1. The van der Waals surface area contributed by atoms with E-state index in [2.05, 4.69) is 0 Å². The minimum Gasteiger partial charge on any atom is -0.394 e. The maximum atomic E-state index is 12.3. The van der Waals surface area contributed by atoms with Crippen LogP contribution in [0.3, 0.4) is 0 Å². The number of nitrogens with two attached hydrogens (primary N) is 1. The SMILES string of the molecule is Nc1c(C(F)(F)F)c(C(F)F)c[nH]c1=O. The number of anilines is 1. The van der Waals surface area contributed by atoms with Crippen molar-refractivity contribution in [3.05, 3.63) is 27.7 Å². The Morgan fingerprint density at radius 3 is 2.27 bits per heavy atom. The third-order valence-corrected chi connectivity index (χ3v) is 1.68. The molecule has 0 atom stereocenters. The second-order valence-corrected chi connectivity index (χ2v) is 2.66. The fourth-order valence-electron chi connectivity index (χ4n) is 1.05. The number of alkyl halides is 5. The molecule has 0 aromatic carbocycles. The van der Waals surface area contributed by atoms with Gasteiger partial charge in [0.1, 0.15) is 5.69 Å². The second-order valence-electron chi connectivity index (χ2n) is 2.66. The van der Waals surface area contributed by atoms with Crippen molar-refractivity contribution in [1.29, 1.82) is 0 Å². The number of aromatic amines is 1. The third kappa shape index (κ3) is 2.08. The van der Waals surface area contributed by atoms with Gasteiger partial charge in [0, 0.05) is 11.8 Å². The van der Waals surface area contributed by atoms with Gasteiger partial charge in [-0.1, -0.05) is 0 Å². The van der Waals surface area contributed by atoms with E-state index in [9.17, 15) is 26.7 Å². The Kier molecular flexibility index (Phi) is 2.69. The Labute approximate surface area is 79.7 Å². The van der Waals surface area contributed by atoms with Crippen LogP contribution >= 0.6 is 0 Å². The van der Waals surface area contributed by atoms with Gasteiger partial charge in [0.25, 0.3) is 12.0 Å². The molecular weight excluding hydrogens is 223 g/mol. The molecule has 0 spiro atoms. The molecule has 0 aliphatic carbocycles. The van der Waals surface area contributed by atoms with Gasteiger partial charge < -0.3 is 10.7 Å². The van der Waals surface area contributed by atoms with Crippen LogP contribution in [0.4, 0.5) is 27.6 Å². The van der Waals surface area contributed by atoms with Crippen molar-refractivity contribution in [2.75, 3.05) is 5.73 Å². The van der Waals surface area contributed by atoms with Crippen LogP contribution in [0.5, 0.6) is 0 Å². The first-order valence-electron chi connectivity index (χ1n) is 3.61. The number of rotatable bonds is 1. The first-order valence-corrected chi connectivity index (χ1v) is 3.61. The van der Waals surface area contributed by atoms with Crippen LogP contribution in [-0.4, -0.2) is 4.98 Å². The number of hydrogen-bond donors (Lipinski definition) is 2. The van der Waals surface area contributed by atoms with E-state index >= 15 is 0 Å². The van der Waals surface area contributed by atoms with Gasteiger partial charge >= 0.3 is 6.18 Å². The molecule has 8 heteroatoms. The van der Waals surface area contributed by atoms with E-state index in [0.29, 0.717) is 6.20 Å². The van der Waals surface area contributed by atoms with E-state index in [1.54, 1.807) is 4.98 Å². The average Bonchev–Trinajstić information content (AvgIpc) is 2.06. The molecule has 15 heavy (non-hydrogen) atoms. The fourth-order valence-corrected chi connectivity index (χ4v) is 1.05. The predicted octanol–water partition coefficient (Wildman–Crippen LogP) is 1.91. The lowest BCUT2D eigenvalue weighted by Crippen LogP contribution is -2.22. The van der Waals surface area contributed by atoms with Crippen LogP contribution in [0.2, 0.25) is 0 Å². The molecule has 0 fully saturated rings. The fraction of sp³-hybridized carbons (Fsp3) is 0.286. The van der Waals surface area contributed by atoms with Gasteiger partial charge in [-0.2, -0.15) is 13.2 Å². The van der Waals surface area contributed by atoms with E-state index in [-0.39, 0.29) is 0 Å². The van der Waals surface area contributed by atoms with Crippen molar-refractivity contribution < 1.29 is 22.0 Å². The number of hydrogen-bond acceptors (Lipinski definition) is 2. The maximum Gasteiger partial charge on any atom is 0.419 e. The van der Waals surface area contributed by atoms with Crippen molar-refractivity contribution in [2.24, 2.45) is 0 Å². The lowest BCUT2D eigenvalue weighted by molar-refractivity contribution is -0.138. The monoisotopic (exact) mass is 228 g/mol. The Morgan fingerprint density at radius 1 is 1.33 bits per heavy atom. The largest absolute Gasteiger partial charge is 0.419 e. The topological polar surface area (TPSA) is 58.9 Å². The van der Waals surface area contributed by atoms with Gasteiger partial charge in [0.15, 0.2) is 0 Å². The number of halogens is 5. The van der Waals surface area contributed by atoms with Gasteiger partial charge in [0.05, 0.1) is 5.56 Å². The molecule has 0 amide bonds. The summed E-state index contributed by atoms with van der Waals surface area (Å²) in [6.45, 7) is 0. The van der Waals surface area contributed by atoms with Gasteiger partial charge in [0.2, 0.25) is 0 Å². The quantitative estimate of drug-likeness (QED) is 0.721. The molecule has 0 radical (unpaired) electrons. The normalized spacial score (nSPS) is 12.1. The Morgan fingerprint density at radius 2 is 1.87 bits per heavy atom. The highest BCUT2D eigenvalue weighted by Crippen LogP contribution is 2.37. The van der Waals surface area contributed by atoms with E-state index in [4.69, 9.17) is 5.73 Å². The van der Waals surface area contributed by atoms with Crippen molar-refractivity contribution in [3.63, 3.8) is 0 Å². The Bertz CT molecular complexity index is 422. The zero-order valence-electron chi connectivity index (χ0n) is 7.03. The van der Waals surface area contributed by atoms with Gasteiger partial charge in [-0.05, 0) is 0 Å². The first-order chi connectivity index (χ1) is 6.75. The van der Waals surface area contributed by atoms with Crippen molar-refractivity contribution in [2.45, 2.75) is 12.6 Å². The van der Waals surface area contributed by atoms with Crippen molar-refractivity contribution in [3.8, 4) is 0 Å². The molecular formula is C7H5F5N2O. The van der Waals surface area contributed by atoms with Gasteiger partial charge in [-0.15, -0.1) is 0 Å². The summed E-state index contributed by atoms with van der Waals surface area (Å²) in [6.07, 6.45) is -8.13. The summed E-state index contributed by atoms with van der Waals surface area (Å²) >= 11 is 0. The Hall–Kier alpha value is -1.60. The van der Waals surface area contributed by atoms with Crippen LogP contribution in [-0.2, 0) is 6.18 Å².